The number of para-hydroxylation sites is 2. The average Bonchev–Trinajstić information content (AvgIpc) is 2.47. The van der Waals surface area contributed by atoms with Crippen molar-refractivity contribution in [2.45, 2.75) is 19.4 Å². The first-order valence-electron chi connectivity index (χ1n) is 6.92. The van der Waals surface area contributed by atoms with Crippen LogP contribution in [0.2, 0.25) is 0 Å². The van der Waals surface area contributed by atoms with Crippen molar-refractivity contribution in [3.8, 4) is 5.75 Å². The summed E-state index contributed by atoms with van der Waals surface area (Å²) in [7, 11) is 0. The Morgan fingerprint density at radius 2 is 2.00 bits per heavy atom. The van der Waals surface area contributed by atoms with Crippen LogP contribution in [0.5, 0.6) is 5.75 Å². The van der Waals surface area contributed by atoms with Crippen LogP contribution in [-0.4, -0.2) is 47.7 Å². The van der Waals surface area contributed by atoms with Crippen LogP contribution in [0.15, 0.2) is 24.3 Å². The van der Waals surface area contributed by atoms with Gasteiger partial charge in [0.2, 0.25) is 0 Å². The maximum atomic E-state index is 11.9. The Kier molecular flexibility index (Phi) is 7.20. The van der Waals surface area contributed by atoms with Gasteiger partial charge in [0.25, 0.3) is 0 Å². The summed E-state index contributed by atoms with van der Waals surface area (Å²) in [5.41, 5.74) is -0.626. The summed E-state index contributed by atoms with van der Waals surface area (Å²) < 4.78 is 5.37. The summed E-state index contributed by atoms with van der Waals surface area (Å²) in [6.07, 6.45) is 1.85. The Bertz CT molecular complexity index is 520. The zero-order chi connectivity index (χ0) is 16.6. The Morgan fingerprint density at radius 3 is 2.64 bits per heavy atom. The standard InChI is InChI=1S/C15H22N2O4S/c1-4-21-12-8-6-5-7-11(12)17-14(19)13(18)16-9-15(2,20)10-22-3/h5-8,20H,4,9-10H2,1-3H3,(H,16,18)(H,17,19). The predicted molar refractivity (Wildman–Crippen MR) is 88.3 cm³/mol. The van der Waals surface area contributed by atoms with E-state index in [0.717, 1.165) is 0 Å². The van der Waals surface area contributed by atoms with Crippen molar-refractivity contribution in [3.63, 3.8) is 0 Å². The van der Waals surface area contributed by atoms with Crippen LogP contribution in [0.1, 0.15) is 13.8 Å². The van der Waals surface area contributed by atoms with E-state index in [1.54, 1.807) is 31.2 Å². The van der Waals surface area contributed by atoms with Crippen molar-refractivity contribution in [2.24, 2.45) is 0 Å². The Morgan fingerprint density at radius 1 is 1.32 bits per heavy atom. The number of rotatable bonds is 7. The van der Waals surface area contributed by atoms with Gasteiger partial charge in [-0.25, -0.2) is 0 Å². The number of benzene rings is 1. The first-order valence-corrected chi connectivity index (χ1v) is 8.31. The van der Waals surface area contributed by atoms with Crippen molar-refractivity contribution >= 4 is 29.3 Å². The second-order valence-electron chi connectivity index (χ2n) is 5.00. The van der Waals surface area contributed by atoms with Gasteiger partial charge in [0, 0.05) is 12.3 Å². The van der Waals surface area contributed by atoms with E-state index in [1.807, 2.05) is 13.2 Å². The molecule has 0 saturated heterocycles. The quantitative estimate of drug-likeness (QED) is 0.657. The number of carbonyl (C=O) groups excluding carboxylic acids is 2. The van der Waals surface area contributed by atoms with Gasteiger partial charge in [0.15, 0.2) is 0 Å². The smallest absolute Gasteiger partial charge is 0.313 e. The molecule has 0 aliphatic heterocycles. The first-order chi connectivity index (χ1) is 10.4. The maximum Gasteiger partial charge on any atom is 0.313 e. The molecule has 3 N–H and O–H groups in total. The number of anilines is 1. The van der Waals surface area contributed by atoms with E-state index < -0.39 is 17.4 Å². The molecule has 0 aliphatic carbocycles. The van der Waals surface area contributed by atoms with E-state index in [9.17, 15) is 14.7 Å². The van der Waals surface area contributed by atoms with Crippen molar-refractivity contribution in [1.82, 2.24) is 5.32 Å². The number of hydrogen-bond donors (Lipinski definition) is 3. The minimum atomic E-state index is -1.06. The molecule has 6 nitrogen and oxygen atoms in total. The number of thioether (sulfide) groups is 1. The molecule has 1 rings (SSSR count). The molecule has 1 unspecified atom stereocenters. The van der Waals surface area contributed by atoms with Crippen molar-refractivity contribution < 1.29 is 19.4 Å². The Labute approximate surface area is 134 Å². The summed E-state index contributed by atoms with van der Waals surface area (Å²) >= 11 is 1.46. The summed E-state index contributed by atoms with van der Waals surface area (Å²) in [5.74, 6) is -0.637. The highest BCUT2D eigenvalue weighted by Crippen LogP contribution is 2.23. The topological polar surface area (TPSA) is 87.7 Å². The van der Waals surface area contributed by atoms with Gasteiger partial charge in [-0.15, -0.1) is 0 Å². The van der Waals surface area contributed by atoms with Gasteiger partial charge in [0.05, 0.1) is 17.9 Å². The molecule has 2 amide bonds. The van der Waals surface area contributed by atoms with E-state index in [4.69, 9.17) is 4.74 Å². The highest BCUT2D eigenvalue weighted by molar-refractivity contribution is 7.98. The summed E-state index contributed by atoms with van der Waals surface area (Å²) in [6.45, 7) is 3.90. The highest BCUT2D eigenvalue weighted by atomic mass is 32.2. The molecular weight excluding hydrogens is 304 g/mol. The third kappa shape index (κ3) is 5.95. The highest BCUT2D eigenvalue weighted by Gasteiger charge is 2.23. The lowest BCUT2D eigenvalue weighted by Crippen LogP contribution is -2.45. The van der Waals surface area contributed by atoms with Crippen molar-refractivity contribution in [1.29, 1.82) is 0 Å². The van der Waals surface area contributed by atoms with Crippen LogP contribution < -0.4 is 15.4 Å². The molecule has 1 atom stereocenters. The molecule has 1 aromatic carbocycles. The molecule has 0 bridgehead atoms. The van der Waals surface area contributed by atoms with Crippen LogP contribution in [-0.2, 0) is 9.59 Å². The van der Waals surface area contributed by atoms with Gasteiger partial charge >= 0.3 is 11.8 Å². The zero-order valence-electron chi connectivity index (χ0n) is 13.0. The van der Waals surface area contributed by atoms with E-state index in [-0.39, 0.29) is 6.54 Å². The largest absolute Gasteiger partial charge is 0.492 e. The van der Waals surface area contributed by atoms with Gasteiger partial charge < -0.3 is 20.5 Å². The lowest BCUT2D eigenvalue weighted by Gasteiger charge is -2.22. The number of amides is 2. The van der Waals surface area contributed by atoms with Crippen LogP contribution in [0.25, 0.3) is 0 Å². The number of hydrogen-bond acceptors (Lipinski definition) is 5. The summed E-state index contributed by atoms with van der Waals surface area (Å²) in [6, 6.07) is 6.87. The molecule has 0 aliphatic rings. The molecule has 7 heteroatoms. The monoisotopic (exact) mass is 326 g/mol. The van der Waals surface area contributed by atoms with Crippen molar-refractivity contribution in [2.75, 3.05) is 30.5 Å². The first kappa shape index (κ1) is 18.3. The second-order valence-corrected chi connectivity index (χ2v) is 5.86. The van der Waals surface area contributed by atoms with Gasteiger partial charge in [-0.3, -0.25) is 9.59 Å². The van der Waals surface area contributed by atoms with E-state index >= 15 is 0 Å². The Hall–Kier alpha value is -1.73. The lowest BCUT2D eigenvalue weighted by atomic mass is 10.1. The summed E-state index contributed by atoms with van der Waals surface area (Å²) in [4.78, 5) is 23.7. The van der Waals surface area contributed by atoms with Gasteiger partial charge in [0.1, 0.15) is 5.75 Å². The third-order valence-corrected chi connectivity index (χ3v) is 3.64. The van der Waals surface area contributed by atoms with Crippen LogP contribution >= 0.6 is 11.8 Å². The number of aliphatic hydroxyl groups is 1. The fourth-order valence-corrected chi connectivity index (χ4v) is 2.47. The fraction of sp³-hybridized carbons (Fsp3) is 0.467. The van der Waals surface area contributed by atoms with Crippen LogP contribution in [0.4, 0.5) is 5.69 Å². The van der Waals surface area contributed by atoms with Gasteiger partial charge in [-0.2, -0.15) is 11.8 Å². The number of ether oxygens (including phenoxy) is 1. The molecule has 0 spiro atoms. The molecule has 0 fully saturated rings. The molecule has 0 aromatic heterocycles. The molecule has 1 aromatic rings. The molecular formula is C15H22N2O4S. The maximum absolute atomic E-state index is 11.9. The molecule has 0 saturated carbocycles. The van der Waals surface area contributed by atoms with Crippen molar-refractivity contribution in [3.05, 3.63) is 24.3 Å². The normalized spacial score (nSPS) is 13.1. The zero-order valence-corrected chi connectivity index (χ0v) is 13.8. The van der Waals surface area contributed by atoms with E-state index in [1.165, 1.54) is 11.8 Å². The predicted octanol–water partition coefficient (Wildman–Crippen LogP) is 1.25. The summed E-state index contributed by atoms with van der Waals surface area (Å²) in [5, 5.41) is 14.9. The fourth-order valence-electron chi connectivity index (χ4n) is 1.74. The van der Waals surface area contributed by atoms with Gasteiger partial charge in [-0.05, 0) is 32.2 Å². The molecule has 22 heavy (non-hydrogen) atoms. The van der Waals surface area contributed by atoms with Crippen LogP contribution in [0.3, 0.4) is 0 Å². The minimum absolute atomic E-state index is 0.00714. The molecule has 122 valence electrons. The van der Waals surface area contributed by atoms with E-state index in [0.29, 0.717) is 23.8 Å². The number of nitrogens with one attached hydrogen (secondary N) is 2. The van der Waals surface area contributed by atoms with Crippen LogP contribution in [0, 0.1) is 0 Å². The molecule has 0 radical (unpaired) electrons. The third-order valence-electron chi connectivity index (χ3n) is 2.73. The Balaban J connectivity index is 2.60. The minimum Gasteiger partial charge on any atom is -0.492 e. The van der Waals surface area contributed by atoms with E-state index in [2.05, 4.69) is 10.6 Å². The average molecular weight is 326 g/mol. The molecule has 0 heterocycles. The second kappa shape index (κ2) is 8.65. The van der Waals surface area contributed by atoms with Gasteiger partial charge in [-0.1, -0.05) is 12.1 Å². The number of carbonyl (C=O) groups is 2. The SMILES string of the molecule is CCOc1ccccc1NC(=O)C(=O)NCC(C)(O)CSC. The lowest BCUT2D eigenvalue weighted by molar-refractivity contribution is -0.136.